The van der Waals surface area contributed by atoms with E-state index >= 15 is 0 Å². The number of carbonyl (C=O) groups excluding carboxylic acids is 2. The van der Waals surface area contributed by atoms with Gasteiger partial charge in [-0.1, -0.05) is 25.6 Å². The lowest BCUT2D eigenvalue weighted by molar-refractivity contribution is -0.117. The highest BCUT2D eigenvalue weighted by Gasteiger charge is 2.15. The van der Waals surface area contributed by atoms with Gasteiger partial charge in [0, 0.05) is 12.1 Å². The van der Waals surface area contributed by atoms with Crippen LogP contribution in [0.3, 0.4) is 0 Å². The molecule has 1 aromatic heterocycles. The Hall–Kier alpha value is -2.89. The van der Waals surface area contributed by atoms with Crippen molar-refractivity contribution in [2.45, 2.75) is 25.6 Å². The van der Waals surface area contributed by atoms with Crippen LogP contribution >= 0.6 is 11.8 Å². The van der Waals surface area contributed by atoms with Crippen molar-refractivity contribution in [3.05, 3.63) is 24.3 Å². The van der Waals surface area contributed by atoms with Gasteiger partial charge < -0.3 is 15.9 Å². The van der Waals surface area contributed by atoms with Gasteiger partial charge in [0.1, 0.15) is 5.75 Å². The first-order valence-electron chi connectivity index (χ1n) is 8.22. The molecule has 0 aliphatic rings. The number of thioether (sulfide) groups is 1. The first-order chi connectivity index (χ1) is 13.3. The molecule has 0 spiro atoms. The number of urea groups is 1. The van der Waals surface area contributed by atoms with Gasteiger partial charge in [-0.25, -0.2) is 9.47 Å². The van der Waals surface area contributed by atoms with E-state index < -0.39 is 18.5 Å². The highest BCUT2D eigenvalue weighted by molar-refractivity contribution is 7.99. The fourth-order valence-electron chi connectivity index (χ4n) is 1.99. The Morgan fingerprint density at radius 2 is 1.93 bits per heavy atom. The molecule has 0 aliphatic heterocycles. The van der Waals surface area contributed by atoms with Crippen LogP contribution in [0.5, 0.6) is 5.75 Å². The van der Waals surface area contributed by atoms with E-state index in [2.05, 4.69) is 25.6 Å². The minimum Gasteiger partial charge on any atom is -0.435 e. The second kappa shape index (κ2) is 9.88. The van der Waals surface area contributed by atoms with Gasteiger partial charge in [-0.05, 0) is 30.2 Å². The fourth-order valence-corrected chi connectivity index (χ4v) is 2.65. The summed E-state index contributed by atoms with van der Waals surface area (Å²) in [6.45, 7) is 1.41. The lowest BCUT2D eigenvalue weighted by Crippen LogP contribution is -2.41. The number of ether oxygens (including phenoxy) is 1. The van der Waals surface area contributed by atoms with Crippen molar-refractivity contribution < 1.29 is 23.1 Å². The van der Waals surface area contributed by atoms with Gasteiger partial charge in [-0.2, -0.15) is 8.78 Å². The number of hydrogen-bond donors (Lipinski definition) is 3. The fraction of sp³-hybridized carbons (Fsp3) is 0.375. The molecule has 0 aliphatic carbocycles. The Kier molecular flexibility index (Phi) is 7.55. The van der Waals surface area contributed by atoms with Crippen molar-refractivity contribution in [2.75, 3.05) is 18.1 Å². The summed E-state index contributed by atoms with van der Waals surface area (Å²) < 4.78 is 29.8. The van der Waals surface area contributed by atoms with Gasteiger partial charge in [0.2, 0.25) is 11.1 Å². The molecular formula is C16H20F2N6O3S. The zero-order valence-electron chi connectivity index (χ0n) is 15.2. The molecule has 1 aromatic carbocycles. The SMILES string of the molecule is CC(C)CNC(=O)NC(=O)CSc1nnc(-c2ccc(OC(F)F)cc2)n1N. The summed E-state index contributed by atoms with van der Waals surface area (Å²) in [5, 5.41) is 12.8. The average molecular weight is 414 g/mol. The number of hydrogen-bond acceptors (Lipinski definition) is 7. The second-order valence-corrected chi connectivity index (χ2v) is 6.96. The zero-order valence-corrected chi connectivity index (χ0v) is 16.0. The van der Waals surface area contributed by atoms with Crippen molar-refractivity contribution >= 4 is 23.7 Å². The molecule has 2 aromatic rings. The summed E-state index contributed by atoms with van der Waals surface area (Å²) in [5.41, 5.74) is 0.529. The molecule has 2 rings (SSSR count). The summed E-state index contributed by atoms with van der Waals surface area (Å²) in [6, 6.07) is 5.15. The van der Waals surface area contributed by atoms with Crippen molar-refractivity contribution in [3.8, 4) is 17.1 Å². The molecule has 1 heterocycles. The molecule has 0 radical (unpaired) electrons. The summed E-state index contributed by atoms with van der Waals surface area (Å²) in [5.74, 6) is 5.88. The lowest BCUT2D eigenvalue weighted by atomic mass is 10.2. The Labute approximate surface area is 164 Å². The number of nitrogens with two attached hydrogens (primary N) is 1. The summed E-state index contributed by atoms with van der Waals surface area (Å²) in [6.07, 6.45) is 0. The number of benzene rings is 1. The van der Waals surface area contributed by atoms with Crippen molar-refractivity contribution in [1.82, 2.24) is 25.5 Å². The first-order valence-corrected chi connectivity index (χ1v) is 9.21. The minimum absolute atomic E-state index is 0.00356. The largest absolute Gasteiger partial charge is 0.435 e. The van der Waals surface area contributed by atoms with Gasteiger partial charge >= 0.3 is 12.6 Å². The topological polar surface area (TPSA) is 124 Å². The van der Waals surface area contributed by atoms with Crippen LogP contribution in [0, 0.1) is 5.92 Å². The number of carbonyl (C=O) groups is 2. The van der Waals surface area contributed by atoms with Crippen LogP contribution in [0.25, 0.3) is 11.4 Å². The molecule has 28 heavy (non-hydrogen) atoms. The van der Waals surface area contributed by atoms with Crippen molar-refractivity contribution in [2.24, 2.45) is 5.92 Å². The number of halogens is 2. The maximum absolute atomic E-state index is 12.2. The summed E-state index contributed by atoms with van der Waals surface area (Å²) in [4.78, 5) is 23.4. The van der Waals surface area contributed by atoms with Gasteiger partial charge in [-0.15, -0.1) is 10.2 Å². The maximum Gasteiger partial charge on any atom is 0.387 e. The number of imide groups is 1. The molecule has 152 valence electrons. The Bertz CT molecular complexity index is 813. The van der Waals surface area contributed by atoms with Gasteiger partial charge in [-0.3, -0.25) is 10.1 Å². The Morgan fingerprint density at radius 3 is 2.54 bits per heavy atom. The van der Waals surface area contributed by atoms with E-state index in [9.17, 15) is 18.4 Å². The Morgan fingerprint density at radius 1 is 1.25 bits per heavy atom. The first kappa shape index (κ1) is 21.4. The molecule has 0 atom stereocenters. The molecule has 4 N–H and O–H groups in total. The predicted molar refractivity (Wildman–Crippen MR) is 99.3 cm³/mol. The highest BCUT2D eigenvalue weighted by atomic mass is 32.2. The summed E-state index contributed by atoms with van der Waals surface area (Å²) in [7, 11) is 0. The van der Waals surface area contributed by atoms with Crippen LogP contribution in [0.4, 0.5) is 13.6 Å². The van der Waals surface area contributed by atoms with Gasteiger partial charge in [0.05, 0.1) is 5.75 Å². The van der Waals surface area contributed by atoms with Gasteiger partial charge in [0.25, 0.3) is 0 Å². The number of rotatable bonds is 8. The highest BCUT2D eigenvalue weighted by Crippen LogP contribution is 2.24. The molecule has 3 amide bonds. The smallest absolute Gasteiger partial charge is 0.387 e. The third-order valence-corrected chi connectivity index (χ3v) is 4.20. The number of nitrogens with one attached hydrogen (secondary N) is 2. The molecule has 0 bridgehead atoms. The van der Waals surface area contributed by atoms with E-state index in [1.165, 1.54) is 28.9 Å². The van der Waals surface area contributed by atoms with Crippen LogP contribution < -0.4 is 21.2 Å². The molecule has 0 saturated carbocycles. The third-order valence-electron chi connectivity index (χ3n) is 3.26. The van der Waals surface area contributed by atoms with E-state index in [0.29, 0.717) is 12.1 Å². The van der Waals surface area contributed by atoms with E-state index in [0.717, 1.165) is 11.8 Å². The van der Waals surface area contributed by atoms with E-state index in [1.54, 1.807) is 0 Å². The van der Waals surface area contributed by atoms with Crippen molar-refractivity contribution in [1.29, 1.82) is 0 Å². The number of amides is 3. The molecular weight excluding hydrogens is 394 g/mol. The summed E-state index contributed by atoms with van der Waals surface area (Å²) >= 11 is 0.997. The molecule has 12 heteroatoms. The van der Waals surface area contributed by atoms with Crippen LogP contribution in [-0.2, 0) is 4.79 Å². The Balaban J connectivity index is 1.92. The normalized spacial score (nSPS) is 10.9. The number of alkyl halides is 2. The third kappa shape index (κ3) is 6.37. The van der Waals surface area contributed by atoms with Crippen LogP contribution in [0.1, 0.15) is 13.8 Å². The average Bonchev–Trinajstić information content (AvgIpc) is 2.99. The minimum atomic E-state index is -2.91. The molecule has 0 saturated heterocycles. The molecule has 0 fully saturated rings. The predicted octanol–water partition coefficient (Wildman–Crippen LogP) is 1.83. The van der Waals surface area contributed by atoms with Crippen LogP contribution in [-0.4, -0.2) is 45.7 Å². The van der Waals surface area contributed by atoms with Crippen molar-refractivity contribution in [3.63, 3.8) is 0 Å². The van der Waals surface area contributed by atoms with Gasteiger partial charge in [0.15, 0.2) is 5.82 Å². The van der Waals surface area contributed by atoms with E-state index in [1.807, 2.05) is 13.8 Å². The molecule has 9 nitrogen and oxygen atoms in total. The number of aromatic nitrogens is 3. The van der Waals surface area contributed by atoms with E-state index in [4.69, 9.17) is 5.84 Å². The molecule has 0 unspecified atom stereocenters. The quantitative estimate of drug-likeness (QED) is 0.445. The second-order valence-electron chi connectivity index (χ2n) is 6.02. The van der Waals surface area contributed by atoms with Crippen LogP contribution in [0.15, 0.2) is 29.4 Å². The number of nitrogen functional groups attached to an aromatic ring is 1. The maximum atomic E-state index is 12.2. The number of nitrogens with zero attached hydrogens (tertiary/aromatic N) is 3. The van der Waals surface area contributed by atoms with Crippen LogP contribution in [0.2, 0.25) is 0 Å². The van der Waals surface area contributed by atoms with E-state index in [-0.39, 0.29) is 28.4 Å². The monoisotopic (exact) mass is 414 g/mol. The standard InChI is InChI=1S/C16H20F2N6O3S/c1-9(2)7-20-15(26)21-12(25)8-28-16-23-22-13(24(16)19)10-3-5-11(6-4-10)27-14(17)18/h3-6,9,14H,7-8,19H2,1-2H3,(H2,20,21,25,26). The lowest BCUT2D eigenvalue weighted by Gasteiger charge is -2.08. The zero-order chi connectivity index (χ0) is 20.7.